The molecule has 0 amide bonds. The van der Waals surface area contributed by atoms with Crippen molar-refractivity contribution in [2.45, 2.75) is 19.7 Å². The summed E-state index contributed by atoms with van der Waals surface area (Å²) in [5, 5.41) is 8.97. The van der Waals surface area contributed by atoms with Crippen LogP contribution in [-0.4, -0.2) is 18.9 Å². The molecular formula is C12H9F3INO3. The van der Waals surface area contributed by atoms with E-state index in [0.717, 1.165) is 6.07 Å². The summed E-state index contributed by atoms with van der Waals surface area (Å²) >= 11 is 1.76. The van der Waals surface area contributed by atoms with Gasteiger partial charge in [-0.3, -0.25) is 4.79 Å². The van der Waals surface area contributed by atoms with Crippen LogP contribution < -0.4 is 4.74 Å². The number of benzene rings is 1. The van der Waals surface area contributed by atoms with Crippen molar-refractivity contribution >= 4 is 28.6 Å². The van der Waals surface area contributed by atoms with Crippen molar-refractivity contribution < 1.29 is 27.4 Å². The SMILES string of the molecule is CCOC(=O)Cc1c(C#N)cc(I)cc1OC(F)(F)F. The zero-order chi connectivity index (χ0) is 15.3. The standard InChI is InChI=1S/C12H9F3INO3/c1-2-19-11(18)5-9-7(6-17)3-8(16)4-10(9)20-12(13,14)15/h3-4H,2,5H2,1H3. The van der Waals surface area contributed by atoms with E-state index in [1.807, 2.05) is 0 Å². The highest BCUT2D eigenvalue weighted by Gasteiger charge is 2.33. The van der Waals surface area contributed by atoms with Crippen molar-refractivity contribution in [3.8, 4) is 11.8 Å². The van der Waals surface area contributed by atoms with Crippen LogP contribution in [0.4, 0.5) is 13.2 Å². The van der Waals surface area contributed by atoms with Gasteiger partial charge in [0, 0.05) is 9.13 Å². The van der Waals surface area contributed by atoms with Gasteiger partial charge in [-0.25, -0.2) is 0 Å². The number of esters is 1. The average Bonchev–Trinajstić information content (AvgIpc) is 2.30. The minimum atomic E-state index is -4.90. The molecule has 0 aliphatic carbocycles. The molecule has 4 nitrogen and oxygen atoms in total. The molecule has 0 radical (unpaired) electrons. The van der Waals surface area contributed by atoms with Crippen LogP contribution in [0.15, 0.2) is 12.1 Å². The van der Waals surface area contributed by atoms with Crippen molar-refractivity contribution in [1.82, 2.24) is 0 Å². The van der Waals surface area contributed by atoms with Crippen LogP contribution in [-0.2, 0) is 16.0 Å². The maximum atomic E-state index is 12.4. The fourth-order valence-electron chi connectivity index (χ4n) is 1.47. The zero-order valence-electron chi connectivity index (χ0n) is 10.3. The molecule has 0 aliphatic heterocycles. The second-order valence-electron chi connectivity index (χ2n) is 3.57. The van der Waals surface area contributed by atoms with Crippen LogP contribution in [0.3, 0.4) is 0 Å². The number of hydrogen-bond donors (Lipinski definition) is 0. The van der Waals surface area contributed by atoms with Crippen LogP contribution in [0.25, 0.3) is 0 Å². The summed E-state index contributed by atoms with van der Waals surface area (Å²) in [5.41, 5.74) is -0.187. The number of nitriles is 1. The lowest BCUT2D eigenvalue weighted by Crippen LogP contribution is -2.20. The maximum Gasteiger partial charge on any atom is 0.573 e. The van der Waals surface area contributed by atoms with Gasteiger partial charge in [0.25, 0.3) is 0 Å². The molecule has 0 N–H and O–H groups in total. The molecule has 0 spiro atoms. The first-order chi connectivity index (χ1) is 9.26. The molecule has 0 fully saturated rings. The Morgan fingerprint density at radius 1 is 1.45 bits per heavy atom. The number of rotatable bonds is 4. The first-order valence-corrected chi connectivity index (χ1v) is 6.48. The van der Waals surface area contributed by atoms with Gasteiger partial charge in [0.05, 0.1) is 24.7 Å². The lowest BCUT2D eigenvalue weighted by atomic mass is 10.0. The van der Waals surface area contributed by atoms with Crippen molar-refractivity contribution in [1.29, 1.82) is 5.26 Å². The van der Waals surface area contributed by atoms with Crippen LogP contribution in [0.2, 0.25) is 0 Å². The van der Waals surface area contributed by atoms with Gasteiger partial charge in [-0.15, -0.1) is 13.2 Å². The topological polar surface area (TPSA) is 59.3 Å². The molecule has 0 bridgehead atoms. The van der Waals surface area contributed by atoms with Crippen LogP contribution in [0.1, 0.15) is 18.1 Å². The molecular weight excluding hydrogens is 390 g/mol. The Morgan fingerprint density at radius 3 is 2.60 bits per heavy atom. The highest BCUT2D eigenvalue weighted by Crippen LogP contribution is 2.31. The smallest absolute Gasteiger partial charge is 0.466 e. The second kappa shape index (κ2) is 6.78. The van der Waals surface area contributed by atoms with Gasteiger partial charge >= 0.3 is 12.3 Å². The lowest BCUT2D eigenvalue weighted by molar-refractivity contribution is -0.275. The lowest BCUT2D eigenvalue weighted by Gasteiger charge is -2.14. The number of ether oxygens (including phenoxy) is 2. The van der Waals surface area contributed by atoms with Gasteiger partial charge in [-0.1, -0.05) is 0 Å². The molecule has 0 atom stereocenters. The van der Waals surface area contributed by atoms with Crippen LogP contribution in [0.5, 0.6) is 5.75 Å². The summed E-state index contributed by atoms with van der Waals surface area (Å²) in [6, 6.07) is 4.24. The van der Waals surface area contributed by atoms with Gasteiger partial charge in [-0.05, 0) is 41.6 Å². The van der Waals surface area contributed by atoms with Crippen molar-refractivity contribution in [3.63, 3.8) is 0 Å². The third-order valence-corrected chi connectivity index (χ3v) is 2.77. The average molecular weight is 399 g/mol. The van der Waals surface area contributed by atoms with E-state index in [4.69, 9.17) is 5.26 Å². The molecule has 8 heteroatoms. The summed E-state index contributed by atoms with van der Waals surface area (Å²) in [6.07, 6.45) is -5.36. The van der Waals surface area contributed by atoms with E-state index >= 15 is 0 Å². The first kappa shape index (κ1) is 16.6. The summed E-state index contributed by atoms with van der Waals surface area (Å²) in [6.45, 7) is 1.67. The summed E-state index contributed by atoms with van der Waals surface area (Å²) in [4.78, 5) is 11.4. The summed E-state index contributed by atoms with van der Waals surface area (Å²) in [5.74, 6) is -1.29. The molecule has 0 saturated carbocycles. The number of carbonyl (C=O) groups excluding carboxylic acids is 1. The summed E-state index contributed by atoms with van der Waals surface area (Å²) < 4.78 is 46.0. The molecule has 0 aromatic heterocycles. The fourth-order valence-corrected chi connectivity index (χ4v) is 2.06. The fraction of sp³-hybridized carbons (Fsp3) is 0.333. The van der Waals surface area contributed by atoms with Gasteiger partial charge in [-0.2, -0.15) is 5.26 Å². The molecule has 108 valence electrons. The van der Waals surface area contributed by atoms with Gasteiger partial charge in [0.1, 0.15) is 5.75 Å². The van der Waals surface area contributed by atoms with E-state index in [1.165, 1.54) is 6.07 Å². The zero-order valence-corrected chi connectivity index (χ0v) is 12.4. The summed E-state index contributed by atoms with van der Waals surface area (Å²) in [7, 11) is 0. The molecule has 0 saturated heterocycles. The molecule has 0 unspecified atom stereocenters. The van der Waals surface area contributed by atoms with E-state index in [9.17, 15) is 18.0 Å². The number of hydrogen-bond acceptors (Lipinski definition) is 4. The largest absolute Gasteiger partial charge is 0.573 e. The number of alkyl halides is 3. The predicted octanol–water partition coefficient (Wildman–Crippen LogP) is 3.17. The van der Waals surface area contributed by atoms with Gasteiger partial charge < -0.3 is 9.47 Å². The van der Waals surface area contributed by atoms with Crippen molar-refractivity contribution in [2.24, 2.45) is 0 Å². The Morgan fingerprint density at radius 2 is 2.10 bits per heavy atom. The number of carbonyl (C=O) groups is 1. The highest BCUT2D eigenvalue weighted by atomic mass is 127. The Kier molecular flexibility index (Phi) is 5.62. The molecule has 0 heterocycles. The third-order valence-electron chi connectivity index (χ3n) is 2.15. The molecule has 0 aliphatic rings. The molecule has 1 aromatic rings. The quantitative estimate of drug-likeness (QED) is 0.577. The minimum absolute atomic E-state index is 0.0517. The Labute approximate surface area is 126 Å². The van der Waals surface area contributed by atoms with E-state index < -0.39 is 24.5 Å². The first-order valence-electron chi connectivity index (χ1n) is 5.40. The van der Waals surface area contributed by atoms with E-state index in [-0.39, 0.29) is 17.7 Å². The normalized spacial score (nSPS) is 10.8. The number of halogens is 4. The van der Waals surface area contributed by atoms with Crippen LogP contribution >= 0.6 is 22.6 Å². The predicted molar refractivity (Wildman–Crippen MR) is 70.9 cm³/mol. The molecule has 20 heavy (non-hydrogen) atoms. The maximum absolute atomic E-state index is 12.4. The van der Waals surface area contributed by atoms with E-state index in [2.05, 4.69) is 9.47 Å². The van der Waals surface area contributed by atoms with E-state index in [1.54, 1.807) is 35.6 Å². The minimum Gasteiger partial charge on any atom is -0.466 e. The van der Waals surface area contributed by atoms with Gasteiger partial charge in [0.2, 0.25) is 0 Å². The Hall–Kier alpha value is -1.50. The Balaban J connectivity index is 3.23. The highest BCUT2D eigenvalue weighted by molar-refractivity contribution is 14.1. The number of nitrogens with zero attached hydrogens (tertiary/aromatic N) is 1. The van der Waals surface area contributed by atoms with Crippen molar-refractivity contribution in [2.75, 3.05) is 6.61 Å². The monoisotopic (exact) mass is 399 g/mol. The second-order valence-corrected chi connectivity index (χ2v) is 4.82. The van der Waals surface area contributed by atoms with Crippen LogP contribution in [0, 0.1) is 14.9 Å². The molecule has 1 rings (SSSR count). The van der Waals surface area contributed by atoms with Crippen molar-refractivity contribution in [3.05, 3.63) is 26.8 Å². The van der Waals surface area contributed by atoms with Gasteiger partial charge in [0.15, 0.2) is 0 Å². The Bertz CT molecular complexity index is 552. The third kappa shape index (κ3) is 4.88. The molecule has 1 aromatic carbocycles. The van der Waals surface area contributed by atoms with E-state index in [0.29, 0.717) is 3.57 Å².